The summed E-state index contributed by atoms with van der Waals surface area (Å²) in [4.78, 5) is 10.6. The number of hydrogen-bond donors (Lipinski definition) is 2. The molecule has 2 rings (SSSR count). The van der Waals surface area contributed by atoms with Crippen LogP contribution in [0.15, 0.2) is 18.2 Å². The minimum atomic E-state index is -0.455. The minimum absolute atomic E-state index is 0.0871. The monoisotopic (exact) mass is 252 g/mol. The molecular formula is C13H17FN2O2. The van der Waals surface area contributed by atoms with Gasteiger partial charge in [0.1, 0.15) is 0 Å². The number of carbonyl (C=O) groups is 1. The van der Waals surface area contributed by atoms with Crippen LogP contribution in [-0.2, 0) is 11.3 Å². The predicted molar refractivity (Wildman–Crippen MR) is 65.6 cm³/mol. The number of benzene rings is 1. The van der Waals surface area contributed by atoms with Gasteiger partial charge in [-0.05, 0) is 18.9 Å². The molecule has 0 radical (unpaired) electrons. The summed E-state index contributed by atoms with van der Waals surface area (Å²) in [5, 5.41) is 3.30. The molecule has 0 aliphatic heterocycles. The van der Waals surface area contributed by atoms with Crippen LogP contribution in [0.1, 0.15) is 24.8 Å². The SMILES string of the molecule is NC(=O)CCOc1c(F)cccc1CNC1CC1. The molecule has 1 aliphatic carbocycles. The van der Waals surface area contributed by atoms with E-state index in [1.54, 1.807) is 6.07 Å². The second kappa shape index (κ2) is 5.82. The normalized spacial score (nSPS) is 14.5. The van der Waals surface area contributed by atoms with Crippen molar-refractivity contribution in [3.8, 4) is 5.75 Å². The van der Waals surface area contributed by atoms with Gasteiger partial charge >= 0.3 is 0 Å². The molecule has 0 saturated heterocycles. The molecule has 1 saturated carbocycles. The number of rotatable bonds is 7. The van der Waals surface area contributed by atoms with Crippen molar-refractivity contribution in [1.82, 2.24) is 5.32 Å². The zero-order valence-electron chi connectivity index (χ0n) is 10.1. The fourth-order valence-corrected chi connectivity index (χ4v) is 1.65. The van der Waals surface area contributed by atoms with Crippen LogP contribution in [0.2, 0.25) is 0 Å². The molecule has 0 aromatic heterocycles. The second-order valence-electron chi connectivity index (χ2n) is 4.45. The molecule has 1 aliphatic rings. The largest absolute Gasteiger partial charge is 0.490 e. The maximum atomic E-state index is 13.6. The number of hydrogen-bond acceptors (Lipinski definition) is 3. The van der Waals surface area contributed by atoms with Gasteiger partial charge in [0.25, 0.3) is 0 Å². The number of nitrogens with two attached hydrogens (primary N) is 1. The van der Waals surface area contributed by atoms with E-state index in [1.165, 1.54) is 18.9 Å². The lowest BCUT2D eigenvalue weighted by molar-refractivity contribution is -0.118. The summed E-state index contributed by atoms with van der Waals surface area (Å²) in [6.45, 7) is 0.682. The molecule has 0 heterocycles. The van der Waals surface area contributed by atoms with Crippen molar-refractivity contribution in [3.63, 3.8) is 0 Å². The fourth-order valence-electron chi connectivity index (χ4n) is 1.65. The lowest BCUT2D eigenvalue weighted by Crippen LogP contribution is -2.18. The highest BCUT2D eigenvalue weighted by Crippen LogP contribution is 2.25. The lowest BCUT2D eigenvalue weighted by atomic mass is 10.2. The third kappa shape index (κ3) is 3.70. The van der Waals surface area contributed by atoms with Crippen molar-refractivity contribution in [2.24, 2.45) is 5.73 Å². The van der Waals surface area contributed by atoms with Gasteiger partial charge in [-0.3, -0.25) is 4.79 Å². The topological polar surface area (TPSA) is 64.4 Å². The second-order valence-corrected chi connectivity index (χ2v) is 4.45. The third-order valence-electron chi connectivity index (χ3n) is 2.80. The van der Waals surface area contributed by atoms with Gasteiger partial charge < -0.3 is 15.8 Å². The highest BCUT2D eigenvalue weighted by atomic mass is 19.1. The van der Waals surface area contributed by atoms with Crippen LogP contribution in [0, 0.1) is 5.82 Å². The van der Waals surface area contributed by atoms with E-state index in [-0.39, 0.29) is 18.8 Å². The van der Waals surface area contributed by atoms with E-state index < -0.39 is 11.7 Å². The Kier molecular flexibility index (Phi) is 4.15. The molecule has 98 valence electrons. The quantitative estimate of drug-likeness (QED) is 0.769. The van der Waals surface area contributed by atoms with E-state index in [2.05, 4.69) is 5.32 Å². The standard InChI is InChI=1S/C13H17FN2O2/c14-11-3-1-2-9(8-16-10-4-5-10)13(11)18-7-6-12(15)17/h1-3,10,16H,4-8H2,(H2,15,17). The van der Waals surface area contributed by atoms with Gasteiger partial charge in [0.05, 0.1) is 13.0 Å². The van der Waals surface area contributed by atoms with Gasteiger partial charge in [-0.2, -0.15) is 0 Å². The predicted octanol–water partition coefficient (Wildman–Crippen LogP) is 1.33. The van der Waals surface area contributed by atoms with Gasteiger partial charge in [0.15, 0.2) is 11.6 Å². The van der Waals surface area contributed by atoms with E-state index in [0.29, 0.717) is 12.6 Å². The number of para-hydroxylation sites is 1. The number of nitrogens with one attached hydrogen (secondary N) is 1. The van der Waals surface area contributed by atoms with Crippen LogP contribution in [0.25, 0.3) is 0 Å². The summed E-state index contributed by atoms with van der Waals surface area (Å²) in [7, 11) is 0. The van der Waals surface area contributed by atoms with Crippen LogP contribution in [-0.4, -0.2) is 18.6 Å². The molecule has 4 nitrogen and oxygen atoms in total. The molecule has 1 fully saturated rings. The van der Waals surface area contributed by atoms with Crippen LogP contribution in [0.5, 0.6) is 5.75 Å². The Morgan fingerprint density at radius 1 is 1.50 bits per heavy atom. The highest BCUT2D eigenvalue weighted by Gasteiger charge is 2.21. The van der Waals surface area contributed by atoms with Gasteiger partial charge in [-0.25, -0.2) is 4.39 Å². The van der Waals surface area contributed by atoms with E-state index in [4.69, 9.17) is 10.5 Å². The number of halogens is 1. The van der Waals surface area contributed by atoms with Crippen LogP contribution in [0.4, 0.5) is 4.39 Å². The van der Waals surface area contributed by atoms with Crippen molar-refractivity contribution in [3.05, 3.63) is 29.6 Å². The maximum Gasteiger partial charge on any atom is 0.220 e. The first-order valence-electron chi connectivity index (χ1n) is 6.08. The Morgan fingerprint density at radius 3 is 2.94 bits per heavy atom. The van der Waals surface area contributed by atoms with Crippen molar-refractivity contribution < 1.29 is 13.9 Å². The summed E-state index contributed by atoms with van der Waals surface area (Å²) in [6.07, 6.45) is 2.43. The number of primary amides is 1. The van der Waals surface area contributed by atoms with Crippen LogP contribution in [0.3, 0.4) is 0 Å². The molecule has 0 spiro atoms. The van der Waals surface area contributed by atoms with Crippen molar-refractivity contribution in [2.75, 3.05) is 6.61 Å². The molecule has 18 heavy (non-hydrogen) atoms. The van der Waals surface area contributed by atoms with E-state index >= 15 is 0 Å². The third-order valence-corrected chi connectivity index (χ3v) is 2.80. The Balaban J connectivity index is 1.97. The number of amides is 1. The van der Waals surface area contributed by atoms with Crippen molar-refractivity contribution in [2.45, 2.75) is 31.8 Å². The first-order valence-corrected chi connectivity index (χ1v) is 6.08. The Bertz CT molecular complexity index is 433. The molecule has 0 bridgehead atoms. The minimum Gasteiger partial charge on any atom is -0.490 e. The zero-order chi connectivity index (χ0) is 13.0. The first-order chi connectivity index (χ1) is 8.66. The maximum absolute atomic E-state index is 13.6. The summed E-state index contributed by atoms with van der Waals surface area (Å²) in [6, 6.07) is 5.37. The number of ether oxygens (including phenoxy) is 1. The molecule has 3 N–H and O–H groups in total. The van der Waals surface area contributed by atoms with Crippen LogP contribution >= 0.6 is 0 Å². The van der Waals surface area contributed by atoms with Gasteiger partial charge in [-0.1, -0.05) is 12.1 Å². The summed E-state index contributed by atoms with van der Waals surface area (Å²) in [5.74, 6) is -0.648. The molecule has 0 atom stereocenters. The van der Waals surface area contributed by atoms with Crippen molar-refractivity contribution >= 4 is 5.91 Å². The molecular weight excluding hydrogens is 235 g/mol. The molecule has 1 aromatic carbocycles. The smallest absolute Gasteiger partial charge is 0.220 e. The molecule has 1 aromatic rings. The van der Waals surface area contributed by atoms with Crippen molar-refractivity contribution in [1.29, 1.82) is 0 Å². The highest BCUT2D eigenvalue weighted by molar-refractivity contribution is 5.73. The first kappa shape index (κ1) is 12.8. The Labute approximate surface area is 105 Å². The number of carbonyl (C=O) groups excluding carboxylic acids is 1. The zero-order valence-corrected chi connectivity index (χ0v) is 10.1. The van der Waals surface area contributed by atoms with Crippen LogP contribution < -0.4 is 15.8 Å². The van der Waals surface area contributed by atoms with Gasteiger partial charge in [-0.15, -0.1) is 0 Å². The molecule has 5 heteroatoms. The van der Waals surface area contributed by atoms with E-state index in [0.717, 1.165) is 5.56 Å². The van der Waals surface area contributed by atoms with Gasteiger partial charge in [0.2, 0.25) is 5.91 Å². The Hall–Kier alpha value is -1.62. The van der Waals surface area contributed by atoms with Gasteiger partial charge in [0, 0.05) is 18.2 Å². The molecule has 0 unspecified atom stereocenters. The Morgan fingerprint density at radius 2 is 2.28 bits per heavy atom. The summed E-state index contributed by atoms with van der Waals surface area (Å²) in [5.41, 5.74) is 5.78. The van der Waals surface area contributed by atoms with E-state index in [1.807, 2.05) is 6.07 Å². The summed E-state index contributed by atoms with van der Waals surface area (Å²) < 4.78 is 19.0. The molecule has 1 amide bonds. The summed E-state index contributed by atoms with van der Waals surface area (Å²) >= 11 is 0. The fraction of sp³-hybridized carbons (Fsp3) is 0.462. The lowest BCUT2D eigenvalue weighted by Gasteiger charge is -2.12. The average Bonchev–Trinajstić information content (AvgIpc) is 3.12. The average molecular weight is 252 g/mol. The van der Waals surface area contributed by atoms with E-state index in [9.17, 15) is 9.18 Å².